The lowest BCUT2D eigenvalue weighted by Crippen LogP contribution is -1.93. The maximum Gasteiger partial charge on any atom is 0.284 e. The van der Waals surface area contributed by atoms with Crippen molar-refractivity contribution in [2.24, 2.45) is 0 Å². The molecule has 0 aromatic heterocycles. The second-order valence-corrected chi connectivity index (χ2v) is 5.15. The topological polar surface area (TPSA) is 55.2 Å². The third kappa shape index (κ3) is 3.48. The number of aryl methyl sites for hydroxylation is 2. The third-order valence-electron chi connectivity index (χ3n) is 2.56. The molecule has 0 heterocycles. The summed E-state index contributed by atoms with van der Waals surface area (Å²) in [6.07, 6.45) is 0. The monoisotopic (exact) mass is 274 g/mol. The fraction of sp³-hybridized carbons (Fsp3) is 0.143. The number of nitrogens with zero attached hydrogens (tertiary/aromatic N) is 1. The summed E-state index contributed by atoms with van der Waals surface area (Å²) in [7, 11) is 0. The van der Waals surface area contributed by atoms with Gasteiger partial charge in [-0.2, -0.15) is 0 Å². The molecular weight excluding hydrogens is 260 g/mol. The van der Waals surface area contributed by atoms with E-state index in [1.165, 1.54) is 18.0 Å². The minimum absolute atomic E-state index is 0.115. The summed E-state index contributed by atoms with van der Waals surface area (Å²) >= 11 is 1.25. The Kier molecular flexibility index (Phi) is 4.06. The second kappa shape index (κ2) is 5.75. The molecule has 0 saturated heterocycles. The van der Waals surface area contributed by atoms with Crippen molar-refractivity contribution in [2.75, 3.05) is 4.72 Å². The van der Waals surface area contributed by atoms with E-state index in [0.29, 0.717) is 4.90 Å². The van der Waals surface area contributed by atoms with Crippen LogP contribution in [0.15, 0.2) is 47.4 Å². The highest BCUT2D eigenvalue weighted by Gasteiger charge is 2.12. The molecule has 0 bridgehead atoms. The van der Waals surface area contributed by atoms with Crippen molar-refractivity contribution in [2.45, 2.75) is 18.7 Å². The lowest BCUT2D eigenvalue weighted by Gasteiger charge is -2.08. The smallest absolute Gasteiger partial charge is 0.284 e. The summed E-state index contributed by atoms with van der Waals surface area (Å²) < 4.78 is 3.15. The van der Waals surface area contributed by atoms with E-state index in [2.05, 4.69) is 10.8 Å². The van der Waals surface area contributed by atoms with Crippen LogP contribution in [0.25, 0.3) is 0 Å². The van der Waals surface area contributed by atoms with Crippen LogP contribution in [0.1, 0.15) is 11.1 Å². The molecule has 0 aliphatic rings. The van der Waals surface area contributed by atoms with Gasteiger partial charge in [0, 0.05) is 11.8 Å². The molecule has 0 saturated carbocycles. The number of rotatable bonds is 4. The summed E-state index contributed by atoms with van der Waals surface area (Å²) in [5.74, 6) is 0. The van der Waals surface area contributed by atoms with E-state index < -0.39 is 0 Å². The molecule has 2 aromatic rings. The van der Waals surface area contributed by atoms with Crippen molar-refractivity contribution in [3.05, 3.63) is 63.7 Å². The van der Waals surface area contributed by atoms with Crippen molar-refractivity contribution in [1.29, 1.82) is 0 Å². The molecule has 0 radical (unpaired) electrons. The molecule has 4 nitrogen and oxygen atoms in total. The standard InChI is InChI=1S/C14H14N2O2S/c1-10-7-11(2)9-12(8-10)15-19-14-6-4-3-5-13(14)16(17)18/h3-9,15H,1-2H3. The largest absolute Gasteiger partial charge is 0.325 e. The van der Waals surface area contributed by atoms with Crippen LogP contribution in [0.3, 0.4) is 0 Å². The first-order valence-corrected chi connectivity index (χ1v) is 6.62. The number of hydrogen-bond donors (Lipinski definition) is 1. The van der Waals surface area contributed by atoms with Crippen molar-refractivity contribution < 1.29 is 4.92 Å². The van der Waals surface area contributed by atoms with Crippen LogP contribution in [0.2, 0.25) is 0 Å². The zero-order valence-corrected chi connectivity index (χ0v) is 11.5. The van der Waals surface area contributed by atoms with Gasteiger partial charge in [-0.15, -0.1) is 0 Å². The average molecular weight is 274 g/mol. The minimum Gasteiger partial charge on any atom is -0.325 e. The van der Waals surface area contributed by atoms with Crippen LogP contribution >= 0.6 is 11.9 Å². The number of benzene rings is 2. The molecule has 2 rings (SSSR count). The summed E-state index contributed by atoms with van der Waals surface area (Å²) in [5, 5.41) is 10.9. The van der Waals surface area contributed by atoms with Crippen LogP contribution in [0, 0.1) is 24.0 Å². The normalized spacial score (nSPS) is 10.2. The summed E-state index contributed by atoms with van der Waals surface area (Å²) in [5.41, 5.74) is 3.38. The van der Waals surface area contributed by atoms with Crippen molar-refractivity contribution >= 4 is 23.3 Å². The zero-order chi connectivity index (χ0) is 13.8. The minimum atomic E-state index is -0.370. The van der Waals surface area contributed by atoms with Gasteiger partial charge in [-0.1, -0.05) is 18.2 Å². The van der Waals surface area contributed by atoms with Crippen LogP contribution < -0.4 is 4.72 Å². The first kappa shape index (κ1) is 13.4. The Bertz CT molecular complexity index is 594. The van der Waals surface area contributed by atoms with E-state index in [1.807, 2.05) is 26.0 Å². The van der Waals surface area contributed by atoms with Crippen molar-refractivity contribution in [3.8, 4) is 0 Å². The molecule has 2 aromatic carbocycles. The van der Waals surface area contributed by atoms with Crippen LogP contribution in [-0.4, -0.2) is 4.92 Å². The fourth-order valence-corrected chi connectivity index (χ4v) is 2.58. The maximum absolute atomic E-state index is 10.9. The molecular formula is C14H14N2O2S. The quantitative estimate of drug-likeness (QED) is 0.512. The average Bonchev–Trinajstić information content (AvgIpc) is 2.35. The highest BCUT2D eigenvalue weighted by atomic mass is 32.2. The number of nitrogens with one attached hydrogen (secondary N) is 1. The molecule has 0 spiro atoms. The van der Waals surface area contributed by atoms with Gasteiger partial charge in [-0.05, 0) is 55.1 Å². The van der Waals surface area contributed by atoms with E-state index in [9.17, 15) is 10.1 Å². The Hall–Kier alpha value is -2.01. The number of para-hydroxylation sites is 1. The SMILES string of the molecule is Cc1cc(C)cc(NSc2ccccc2[N+](=O)[O-])c1. The first-order chi connectivity index (χ1) is 9.06. The molecule has 0 amide bonds. The van der Waals surface area contributed by atoms with Crippen LogP contribution in [-0.2, 0) is 0 Å². The molecule has 0 aliphatic carbocycles. The molecule has 1 N–H and O–H groups in total. The first-order valence-electron chi connectivity index (χ1n) is 5.81. The van der Waals surface area contributed by atoms with Gasteiger partial charge in [0.1, 0.15) is 4.90 Å². The van der Waals surface area contributed by atoms with Gasteiger partial charge in [0.15, 0.2) is 0 Å². The van der Waals surface area contributed by atoms with E-state index in [0.717, 1.165) is 16.8 Å². The predicted octanol–water partition coefficient (Wildman–Crippen LogP) is 4.33. The molecule has 0 aliphatic heterocycles. The molecule has 0 unspecified atom stereocenters. The number of anilines is 1. The van der Waals surface area contributed by atoms with Gasteiger partial charge in [0.25, 0.3) is 5.69 Å². The van der Waals surface area contributed by atoms with E-state index >= 15 is 0 Å². The predicted molar refractivity (Wildman–Crippen MR) is 78.5 cm³/mol. The summed E-state index contributed by atoms with van der Waals surface area (Å²) in [4.78, 5) is 11.1. The Morgan fingerprint density at radius 3 is 2.37 bits per heavy atom. The van der Waals surface area contributed by atoms with Crippen molar-refractivity contribution in [3.63, 3.8) is 0 Å². The number of nitro benzene ring substituents is 1. The van der Waals surface area contributed by atoms with Gasteiger partial charge in [0.05, 0.1) is 4.92 Å². The van der Waals surface area contributed by atoms with Crippen LogP contribution in [0.5, 0.6) is 0 Å². The van der Waals surface area contributed by atoms with Crippen molar-refractivity contribution in [1.82, 2.24) is 0 Å². The zero-order valence-electron chi connectivity index (χ0n) is 10.7. The lowest BCUT2D eigenvalue weighted by atomic mass is 10.1. The van der Waals surface area contributed by atoms with Gasteiger partial charge in [0.2, 0.25) is 0 Å². The third-order valence-corrected chi connectivity index (χ3v) is 3.47. The van der Waals surface area contributed by atoms with Gasteiger partial charge >= 0.3 is 0 Å². The summed E-state index contributed by atoms with van der Waals surface area (Å²) in [6.45, 7) is 4.04. The lowest BCUT2D eigenvalue weighted by molar-refractivity contribution is -0.387. The maximum atomic E-state index is 10.9. The summed E-state index contributed by atoms with van der Waals surface area (Å²) in [6, 6.07) is 12.8. The van der Waals surface area contributed by atoms with Gasteiger partial charge < -0.3 is 4.72 Å². The van der Waals surface area contributed by atoms with E-state index in [1.54, 1.807) is 18.2 Å². The Balaban J connectivity index is 2.16. The molecule has 98 valence electrons. The van der Waals surface area contributed by atoms with Gasteiger partial charge in [-0.3, -0.25) is 10.1 Å². The highest BCUT2D eigenvalue weighted by molar-refractivity contribution is 8.00. The van der Waals surface area contributed by atoms with Crippen LogP contribution in [0.4, 0.5) is 11.4 Å². The fourth-order valence-electron chi connectivity index (χ4n) is 1.84. The Morgan fingerprint density at radius 2 is 1.74 bits per heavy atom. The Labute approximate surface area is 116 Å². The molecule has 0 atom stereocenters. The molecule has 0 fully saturated rings. The number of nitro groups is 1. The second-order valence-electron chi connectivity index (χ2n) is 4.31. The van der Waals surface area contributed by atoms with Gasteiger partial charge in [-0.25, -0.2) is 0 Å². The van der Waals surface area contributed by atoms with E-state index in [-0.39, 0.29) is 10.6 Å². The highest BCUT2D eigenvalue weighted by Crippen LogP contribution is 2.30. The molecule has 5 heteroatoms. The number of hydrogen-bond acceptors (Lipinski definition) is 4. The van der Waals surface area contributed by atoms with E-state index in [4.69, 9.17) is 0 Å². The molecule has 19 heavy (non-hydrogen) atoms. The Morgan fingerprint density at radius 1 is 1.11 bits per heavy atom.